The SMILES string of the molecule is COc1ccc(C(=O)N2CCN(C(=O)c3cc(C(F)(F)F)[nH]n3)CC2)cc1. The van der Waals surface area contributed by atoms with Crippen molar-refractivity contribution in [1.29, 1.82) is 0 Å². The molecular formula is C17H17F3N4O3. The molecule has 0 unspecified atom stereocenters. The Morgan fingerprint density at radius 1 is 1.04 bits per heavy atom. The lowest BCUT2D eigenvalue weighted by Gasteiger charge is -2.34. The number of aromatic amines is 1. The number of H-pyrrole nitrogens is 1. The van der Waals surface area contributed by atoms with Gasteiger partial charge in [0.25, 0.3) is 11.8 Å². The van der Waals surface area contributed by atoms with Crippen molar-refractivity contribution in [2.45, 2.75) is 6.18 Å². The molecule has 0 aliphatic carbocycles. The van der Waals surface area contributed by atoms with E-state index in [2.05, 4.69) is 5.10 Å². The topological polar surface area (TPSA) is 78.5 Å². The smallest absolute Gasteiger partial charge is 0.432 e. The molecule has 1 fully saturated rings. The van der Waals surface area contributed by atoms with Crippen LogP contribution >= 0.6 is 0 Å². The monoisotopic (exact) mass is 382 g/mol. The highest BCUT2D eigenvalue weighted by Gasteiger charge is 2.35. The number of piperazine rings is 1. The molecule has 0 atom stereocenters. The van der Waals surface area contributed by atoms with Crippen LogP contribution in [0.5, 0.6) is 5.75 Å². The quantitative estimate of drug-likeness (QED) is 0.881. The zero-order chi connectivity index (χ0) is 19.6. The van der Waals surface area contributed by atoms with Crippen LogP contribution in [0, 0.1) is 0 Å². The summed E-state index contributed by atoms with van der Waals surface area (Å²) in [7, 11) is 1.53. The van der Waals surface area contributed by atoms with E-state index in [9.17, 15) is 22.8 Å². The van der Waals surface area contributed by atoms with Gasteiger partial charge in [-0.25, -0.2) is 0 Å². The summed E-state index contributed by atoms with van der Waals surface area (Å²) in [6.07, 6.45) is -4.59. The summed E-state index contributed by atoms with van der Waals surface area (Å²) in [6, 6.07) is 7.37. The van der Waals surface area contributed by atoms with Gasteiger partial charge in [0.1, 0.15) is 11.4 Å². The zero-order valence-corrected chi connectivity index (χ0v) is 14.4. The molecule has 1 aliphatic heterocycles. The van der Waals surface area contributed by atoms with Crippen molar-refractivity contribution < 1.29 is 27.5 Å². The molecule has 1 aliphatic rings. The van der Waals surface area contributed by atoms with E-state index in [0.717, 1.165) is 0 Å². The van der Waals surface area contributed by atoms with E-state index < -0.39 is 17.8 Å². The van der Waals surface area contributed by atoms with Gasteiger partial charge < -0.3 is 14.5 Å². The van der Waals surface area contributed by atoms with Crippen LogP contribution in [0.4, 0.5) is 13.2 Å². The summed E-state index contributed by atoms with van der Waals surface area (Å²) in [5, 5.41) is 5.27. The maximum Gasteiger partial charge on any atom is 0.432 e. The van der Waals surface area contributed by atoms with E-state index in [-0.39, 0.29) is 37.8 Å². The number of methoxy groups -OCH3 is 1. The van der Waals surface area contributed by atoms with Gasteiger partial charge in [-0.05, 0) is 24.3 Å². The molecule has 10 heteroatoms. The van der Waals surface area contributed by atoms with E-state index in [1.54, 1.807) is 29.2 Å². The Morgan fingerprint density at radius 2 is 1.59 bits per heavy atom. The maximum atomic E-state index is 12.6. The van der Waals surface area contributed by atoms with Crippen molar-refractivity contribution in [1.82, 2.24) is 20.0 Å². The second kappa shape index (κ2) is 7.29. The molecule has 1 N–H and O–H groups in total. The van der Waals surface area contributed by atoms with E-state index >= 15 is 0 Å². The minimum Gasteiger partial charge on any atom is -0.497 e. The molecule has 27 heavy (non-hydrogen) atoms. The Bertz CT molecular complexity index is 825. The van der Waals surface area contributed by atoms with Crippen LogP contribution in [0.1, 0.15) is 26.5 Å². The number of amides is 2. The second-order valence-electron chi connectivity index (χ2n) is 5.98. The predicted molar refractivity (Wildman–Crippen MR) is 88.4 cm³/mol. The van der Waals surface area contributed by atoms with Crippen LogP contribution in [0.15, 0.2) is 30.3 Å². The Balaban J connectivity index is 1.60. The summed E-state index contributed by atoms with van der Waals surface area (Å²) in [6.45, 7) is 1.00. The minimum absolute atomic E-state index is 0.177. The van der Waals surface area contributed by atoms with Gasteiger partial charge in [-0.15, -0.1) is 0 Å². The number of aromatic nitrogens is 2. The molecule has 0 saturated carbocycles. The molecule has 0 bridgehead atoms. The molecule has 0 radical (unpaired) electrons. The average Bonchev–Trinajstić information content (AvgIpc) is 3.18. The first kappa shape index (κ1) is 18.7. The highest BCUT2D eigenvalue weighted by molar-refractivity contribution is 5.95. The van der Waals surface area contributed by atoms with Crippen molar-refractivity contribution in [3.8, 4) is 5.75 Å². The van der Waals surface area contributed by atoms with Gasteiger partial charge in [-0.1, -0.05) is 0 Å². The van der Waals surface area contributed by atoms with Crippen molar-refractivity contribution in [3.63, 3.8) is 0 Å². The molecule has 1 aromatic carbocycles. The van der Waals surface area contributed by atoms with Crippen LogP contribution < -0.4 is 4.74 Å². The summed E-state index contributed by atoms with van der Waals surface area (Å²) in [5.41, 5.74) is -0.867. The van der Waals surface area contributed by atoms with E-state index in [1.165, 1.54) is 12.0 Å². The highest BCUT2D eigenvalue weighted by atomic mass is 19.4. The van der Waals surface area contributed by atoms with Gasteiger partial charge in [0.15, 0.2) is 5.69 Å². The van der Waals surface area contributed by atoms with Gasteiger partial charge >= 0.3 is 6.18 Å². The number of benzene rings is 1. The number of rotatable bonds is 3. The molecule has 3 rings (SSSR count). The average molecular weight is 382 g/mol. The minimum atomic E-state index is -4.59. The molecule has 0 spiro atoms. The molecular weight excluding hydrogens is 365 g/mol. The van der Waals surface area contributed by atoms with E-state index in [4.69, 9.17) is 4.74 Å². The number of halogens is 3. The number of hydrogen-bond donors (Lipinski definition) is 1. The second-order valence-corrected chi connectivity index (χ2v) is 5.98. The third-order valence-corrected chi connectivity index (χ3v) is 4.29. The lowest BCUT2D eigenvalue weighted by Crippen LogP contribution is -2.50. The summed E-state index contributed by atoms with van der Waals surface area (Å²) < 4.78 is 42.9. The molecule has 1 saturated heterocycles. The summed E-state index contributed by atoms with van der Waals surface area (Å²) >= 11 is 0. The number of hydrogen-bond acceptors (Lipinski definition) is 4. The van der Waals surface area contributed by atoms with E-state index in [1.807, 2.05) is 5.10 Å². The number of carbonyl (C=O) groups is 2. The molecule has 7 nitrogen and oxygen atoms in total. The van der Waals surface area contributed by atoms with Crippen molar-refractivity contribution in [3.05, 3.63) is 47.3 Å². The summed E-state index contributed by atoms with van der Waals surface area (Å²) in [5.74, 6) is -0.138. The van der Waals surface area contributed by atoms with Crippen LogP contribution in [0.2, 0.25) is 0 Å². The number of carbonyl (C=O) groups excluding carboxylic acids is 2. The number of nitrogens with zero attached hydrogens (tertiary/aromatic N) is 3. The molecule has 2 aromatic rings. The van der Waals surface area contributed by atoms with Gasteiger partial charge in [0.05, 0.1) is 7.11 Å². The first-order chi connectivity index (χ1) is 12.8. The van der Waals surface area contributed by atoms with Crippen LogP contribution in [-0.2, 0) is 6.18 Å². The third kappa shape index (κ3) is 4.04. The third-order valence-electron chi connectivity index (χ3n) is 4.29. The van der Waals surface area contributed by atoms with Crippen molar-refractivity contribution in [2.75, 3.05) is 33.3 Å². The van der Waals surface area contributed by atoms with Gasteiger partial charge in [0, 0.05) is 37.8 Å². The molecule has 1 aromatic heterocycles. The van der Waals surface area contributed by atoms with Crippen LogP contribution in [0.3, 0.4) is 0 Å². The number of nitrogens with one attached hydrogen (secondary N) is 1. The van der Waals surface area contributed by atoms with Gasteiger partial charge in [0.2, 0.25) is 0 Å². The van der Waals surface area contributed by atoms with Crippen LogP contribution in [0.25, 0.3) is 0 Å². The van der Waals surface area contributed by atoms with Crippen LogP contribution in [-0.4, -0.2) is 65.1 Å². The maximum absolute atomic E-state index is 12.6. The fourth-order valence-corrected chi connectivity index (χ4v) is 2.77. The zero-order valence-electron chi connectivity index (χ0n) is 14.4. The molecule has 2 amide bonds. The Labute approximate surface area is 152 Å². The normalized spacial score (nSPS) is 15.0. The standard InChI is InChI=1S/C17H17F3N4O3/c1-27-12-4-2-11(3-5-12)15(25)23-6-8-24(9-7-23)16(26)13-10-14(22-21-13)17(18,19)20/h2-5,10H,6-9H2,1H3,(H,21,22). The lowest BCUT2D eigenvalue weighted by atomic mass is 10.1. The highest BCUT2D eigenvalue weighted by Crippen LogP contribution is 2.28. The molecule has 2 heterocycles. The predicted octanol–water partition coefficient (Wildman–Crippen LogP) is 2.04. The fourth-order valence-electron chi connectivity index (χ4n) is 2.77. The van der Waals surface area contributed by atoms with Gasteiger partial charge in [-0.3, -0.25) is 14.7 Å². The number of ether oxygens (including phenoxy) is 1. The molecule has 144 valence electrons. The van der Waals surface area contributed by atoms with Crippen molar-refractivity contribution >= 4 is 11.8 Å². The summed E-state index contributed by atoms with van der Waals surface area (Å²) in [4.78, 5) is 27.8. The fraction of sp³-hybridized carbons (Fsp3) is 0.353. The first-order valence-corrected chi connectivity index (χ1v) is 8.15. The Kier molecular flexibility index (Phi) is 5.06. The van der Waals surface area contributed by atoms with Gasteiger partial charge in [-0.2, -0.15) is 18.3 Å². The Hall–Kier alpha value is -3.04. The Morgan fingerprint density at radius 3 is 2.07 bits per heavy atom. The number of alkyl halides is 3. The van der Waals surface area contributed by atoms with E-state index in [0.29, 0.717) is 17.4 Å². The lowest BCUT2D eigenvalue weighted by molar-refractivity contribution is -0.141. The first-order valence-electron chi connectivity index (χ1n) is 8.15. The van der Waals surface area contributed by atoms with Crippen molar-refractivity contribution in [2.24, 2.45) is 0 Å². The largest absolute Gasteiger partial charge is 0.497 e.